The van der Waals surface area contributed by atoms with Crippen LogP contribution in [0.3, 0.4) is 0 Å². The highest BCUT2D eigenvalue weighted by Crippen LogP contribution is 2.15. The molecule has 2 heterocycles. The summed E-state index contributed by atoms with van der Waals surface area (Å²) in [4.78, 5) is 15.0. The van der Waals surface area contributed by atoms with Crippen molar-refractivity contribution >= 4 is 17.2 Å². The Morgan fingerprint density at radius 3 is 2.62 bits per heavy atom. The van der Waals surface area contributed by atoms with Crippen LogP contribution < -0.4 is 5.43 Å². The maximum absolute atomic E-state index is 11.9. The minimum Gasteiger partial charge on any atom is -0.304 e. The van der Waals surface area contributed by atoms with Gasteiger partial charge in [0, 0.05) is 26.2 Å². The van der Waals surface area contributed by atoms with Crippen molar-refractivity contribution in [2.24, 2.45) is 0 Å². The molecule has 0 saturated carbocycles. The normalized spacial score (nSPS) is 18.6. The van der Waals surface area contributed by atoms with E-state index in [1.165, 1.54) is 11.3 Å². The summed E-state index contributed by atoms with van der Waals surface area (Å²) in [6.45, 7) is 5.77. The minimum atomic E-state index is 0.0250. The molecule has 2 rings (SSSR count). The number of piperazine rings is 1. The summed E-state index contributed by atoms with van der Waals surface area (Å²) >= 11 is 1.50. The first kappa shape index (κ1) is 11.6. The van der Waals surface area contributed by atoms with Crippen LogP contribution in [0.4, 0.5) is 0 Å². The molecule has 5 heteroatoms. The van der Waals surface area contributed by atoms with Crippen LogP contribution in [0.5, 0.6) is 0 Å². The van der Waals surface area contributed by atoms with E-state index in [0.29, 0.717) is 0 Å². The summed E-state index contributed by atoms with van der Waals surface area (Å²) < 4.78 is 0. The molecule has 0 aliphatic carbocycles. The van der Waals surface area contributed by atoms with Crippen molar-refractivity contribution < 1.29 is 4.79 Å². The summed E-state index contributed by atoms with van der Waals surface area (Å²) in [7, 11) is 2.10. The summed E-state index contributed by atoms with van der Waals surface area (Å²) in [5.74, 6) is 0.0250. The second kappa shape index (κ2) is 4.95. The molecule has 0 radical (unpaired) electrons. The first-order chi connectivity index (χ1) is 7.66. The maximum Gasteiger partial charge on any atom is 0.275 e. The van der Waals surface area contributed by atoms with E-state index in [2.05, 4.69) is 17.4 Å². The number of carbonyl (C=O) groups is 1. The minimum absolute atomic E-state index is 0.0250. The highest BCUT2D eigenvalue weighted by atomic mass is 32.1. The Morgan fingerprint density at radius 2 is 2.06 bits per heavy atom. The van der Waals surface area contributed by atoms with E-state index in [9.17, 15) is 4.79 Å². The van der Waals surface area contributed by atoms with Crippen molar-refractivity contribution in [3.8, 4) is 0 Å². The van der Waals surface area contributed by atoms with E-state index in [-0.39, 0.29) is 5.91 Å². The van der Waals surface area contributed by atoms with Crippen LogP contribution in [0.15, 0.2) is 11.4 Å². The Morgan fingerprint density at radius 1 is 1.38 bits per heavy atom. The van der Waals surface area contributed by atoms with Crippen molar-refractivity contribution in [2.45, 2.75) is 6.92 Å². The number of thiophene rings is 1. The number of hydrogen-bond acceptors (Lipinski definition) is 4. The van der Waals surface area contributed by atoms with Gasteiger partial charge in [-0.15, -0.1) is 11.3 Å². The van der Waals surface area contributed by atoms with Crippen molar-refractivity contribution in [1.82, 2.24) is 15.3 Å². The number of nitrogens with zero attached hydrogens (tertiary/aromatic N) is 2. The zero-order valence-electron chi connectivity index (χ0n) is 9.69. The lowest BCUT2D eigenvalue weighted by atomic mass is 10.3. The van der Waals surface area contributed by atoms with Gasteiger partial charge in [0.05, 0.1) is 4.88 Å². The molecule has 1 aromatic rings. The molecule has 1 aromatic heterocycles. The Kier molecular flexibility index (Phi) is 3.58. The maximum atomic E-state index is 11.9. The molecular formula is C11H17N3OS. The molecule has 0 atom stereocenters. The molecule has 0 spiro atoms. The van der Waals surface area contributed by atoms with Gasteiger partial charge in [0.25, 0.3) is 5.91 Å². The van der Waals surface area contributed by atoms with Gasteiger partial charge < -0.3 is 4.90 Å². The third-order valence-electron chi connectivity index (χ3n) is 2.83. The lowest BCUT2D eigenvalue weighted by molar-refractivity contribution is 0.0666. The second-order valence-electron chi connectivity index (χ2n) is 4.16. The van der Waals surface area contributed by atoms with E-state index >= 15 is 0 Å². The molecule has 4 nitrogen and oxygen atoms in total. The van der Waals surface area contributed by atoms with Gasteiger partial charge in [-0.3, -0.25) is 10.2 Å². The smallest absolute Gasteiger partial charge is 0.275 e. The predicted octanol–water partition coefficient (Wildman–Crippen LogP) is 0.949. The molecule has 1 fully saturated rings. The largest absolute Gasteiger partial charge is 0.304 e. The van der Waals surface area contributed by atoms with Crippen LogP contribution in [0.2, 0.25) is 0 Å². The number of aryl methyl sites for hydroxylation is 1. The number of rotatable bonds is 2. The van der Waals surface area contributed by atoms with E-state index in [0.717, 1.165) is 36.6 Å². The number of nitrogens with one attached hydrogen (secondary N) is 1. The van der Waals surface area contributed by atoms with Crippen molar-refractivity contribution in [3.63, 3.8) is 0 Å². The fourth-order valence-corrected chi connectivity index (χ4v) is 2.53. The van der Waals surface area contributed by atoms with Crippen molar-refractivity contribution in [2.75, 3.05) is 33.2 Å². The van der Waals surface area contributed by atoms with Crippen LogP contribution >= 0.6 is 11.3 Å². The van der Waals surface area contributed by atoms with Crippen LogP contribution in [0, 0.1) is 6.92 Å². The summed E-state index contributed by atoms with van der Waals surface area (Å²) in [5, 5.41) is 3.95. The molecule has 1 aliphatic rings. The van der Waals surface area contributed by atoms with Gasteiger partial charge in [-0.1, -0.05) is 0 Å². The van der Waals surface area contributed by atoms with E-state index in [4.69, 9.17) is 0 Å². The number of amides is 1. The fourth-order valence-electron chi connectivity index (χ4n) is 1.72. The molecule has 0 bridgehead atoms. The summed E-state index contributed by atoms with van der Waals surface area (Å²) in [5.41, 5.74) is 4.01. The molecule has 1 saturated heterocycles. The van der Waals surface area contributed by atoms with Gasteiger partial charge in [-0.2, -0.15) is 0 Å². The van der Waals surface area contributed by atoms with E-state index < -0.39 is 0 Å². The van der Waals surface area contributed by atoms with Crippen molar-refractivity contribution in [1.29, 1.82) is 0 Å². The summed E-state index contributed by atoms with van der Waals surface area (Å²) in [6.07, 6.45) is 0. The van der Waals surface area contributed by atoms with Gasteiger partial charge in [0.2, 0.25) is 0 Å². The predicted molar refractivity (Wildman–Crippen MR) is 65.6 cm³/mol. The summed E-state index contributed by atoms with van der Waals surface area (Å²) in [6, 6.07) is 1.98. The molecule has 16 heavy (non-hydrogen) atoms. The quantitative estimate of drug-likeness (QED) is 0.834. The second-order valence-corrected chi connectivity index (χ2v) is 5.08. The van der Waals surface area contributed by atoms with Gasteiger partial charge in [-0.25, -0.2) is 5.01 Å². The molecular weight excluding hydrogens is 222 g/mol. The Balaban J connectivity index is 1.91. The van der Waals surface area contributed by atoms with Crippen LogP contribution in [-0.2, 0) is 0 Å². The Bertz CT molecular complexity index is 369. The zero-order chi connectivity index (χ0) is 11.5. The van der Waals surface area contributed by atoms with Crippen LogP contribution in [-0.4, -0.2) is 49.0 Å². The standard InChI is InChI=1S/C11H17N3OS/c1-9-3-8-16-10(9)11(15)12-14-6-4-13(2)5-7-14/h3,8H,4-7H2,1-2H3,(H,12,15). The van der Waals surface area contributed by atoms with E-state index in [1.54, 1.807) is 0 Å². The number of carbonyl (C=O) groups excluding carboxylic acids is 1. The third kappa shape index (κ3) is 2.61. The number of likely N-dealkylation sites (N-methyl/N-ethyl adjacent to an activating group) is 1. The lowest BCUT2D eigenvalue weighted by Gasteiger charge is -2.32. The van der Waals surface area contributed by atoms with Crippen molar-refractivity contribution in [3.05, 3.63) is 21.9 Å². The molecule has 1 aliphatic heterocycles. The van der Waals surface area contributed by atoms with Gasteiger partial charge in [0.1, 0.15) is 0 Å². The first-order valence-corrected chi connectivity index (χ1v) is 6.33. The monoisotopic (exact) mass is 239 g/mol. The number of hydrogen-bond donors (Lipinski definition) is 1. The molecule has 88 valence electrons. The van der Waals surface area contributed by atoms with Gasteiger partial charge in [0.15, 0.2) is 0 Å². The number of hydrazine groups is 1. The zero-order valence-corrected chi connectivity index (χ0v) is 10.5. The lowest BCUT2D eigenvalue weighted by Crippen LogP contribution is -2.52. The Hall–Kier alpha value is -0.910. The molecule has 0 unspecified atom stereocenters. The average molecular weight is 239 g/mol. The van der Waals surface area contributed by atoms with Gasteiger partial charge >= 0.3 is 0 Å². The Labute approximate surface area is 99.8 Å². The fraction of sp³-hybridized carbons (Fsp3) is 0.545. The molecule has 1 amide bonds. The van der Waals surface area contributed by atoms with E-state index in [1.807, 2.05) is 23.4 Å². The highest BCUT2D eigenvalue weighted by molar-refractivity contribution is 7.12. The van der Waals surface area contributed by atoms with Crippen LogP contribution in [0.25, 0.3) is 0 Å². The SMILES string of the molecule is Cc1ccsc1C(=O)NN1CCN(C)CC1. The molecule has 1 N–H and O–H groups in total. The topological polar surface area (TPSA) is 35.6 Å². The first-order valence-electron chi connectivity index (χ1n) is 5.45. The highest BCUT2D eigenvalue weighted by Gasteiger charge is 2.17. The average Bonchev–Trinajstić information content (AvgIpc) is 2.68. The van der Waals surface area contributed by atoms with Crippen LogP contribution in [0.1, 0.15) is 15.2 Å². The van der Waals surface area contributed by atoms with Gasteiger partial charge in [-0.05, 0) is 31.0 Å². The molecule has 0 aromatic carbocycles. The third-order valence-corrected chi connectivity index (χ3v) is 3.85.